The number of unbranched alkanes of at least 4 members (excludes halogenated alkanes) is 53. The summed E-state index contributed by atoms with van der Waals surface area (Å²) in [6, 6.07) is 0. The van der Waals surface area contributed by atoms with Crippen LogP contribution in [0.4, 0.5) is 0 Å². The second-order valence-corrected chi connectivity index (χ2v) is 25.6. The van der Waals surface area contributed by atoms with Crippen LogP contribution in [-0.4, -0.2) is 37.2 Å². The van der Waals surface area contributed by atoms with Crippen LogP contribution in [0.3, 0.4) is 0 Å². The monoisotopic (exact) mass is 1170 g/mol. The standard InChI is InChI=1S/C77H144O6/c1-4-7-10-13-16-19-22-25-28-31-34-35-36-37-38-39-40-41-42-44-46-49-52-55-58-61-64-67-70-76(79)82-73-74(72-81-75(78)69-66-63-60-57-54-51-48-45-33-30-27-24-21-18-15-12-9-6-3)83-77(80)71-68-65-62-59-56-53-50-47-43-32-29-26-23-20-17-14-11-8-5-2/h17,20,26,29,43,47,74H,4-16,18-19,21-25,27-28,30-42,44-46,48-73H2,1-3H3/b20-17-,29-26-,47-43-. The van der Waals surface area contributed by atoms with Crippen LogP contribution in [0.15, 0.2) is 36.5 Å². The van der Waals surface area contributed by atoms with Gasteiger partial charge in [-0.25, -0.2) is 0 Å². The summed E-state index contributed by atoms with van der Waals surface area (Å²) in [4.78, 5) is 38.5. The van der Waals surface area contributed by atoms with Crippen LogP contribution in [0.5, 0.6) is 0 Å². The third kappa shape index (κ3) is 70.3. The van der Waals surface area contributed by atoms with Crippen LogP contribution in [0.2, 0.25) is 0 Å². The van der Waals surface area contributed by atoms with Gasteiger partial charge in [-0.15, -0.1) is 0 Å². The summed E-state index contributed by atoms with van der Waals surface area (Å²) >= 11 is 0. The van der Waals surface area contributed by atoms with Gasteiger partial charge in [0.1, 0.15) is 13.2 Å². The minimum absolute atomic E-state index is 0.0716. The van der Waals surface area contributed by atoms with Gasteiger partial charge < -0.3 is 14.2 Å². The van der Waals surface area contributed by atoms with E-state index in [0.717, 1.165) is 77.0 Å². The van der Waals surface area contributed by atoms with E-state index in [1.807, 2.05) is 0 Å². The smallest absolute Gasteiger partial charge is 0.306 e. The third-order valence-corrected chi connectivity index (χ3v) is 17.1. The Morgan fingerprint density at radius 2 is 0.434 bits per heavy atom. The summed E-state index contributed by atoms with van der Waals surface area (Å²) in [6.45, 7) is 6.69. The highest BCUT2D eigenvalue weighted by Gasteiger charge is 2.20. The van der Waals surface area contributed by atoms with E-state index < -0.39 is 6.10 Å². The molecule has 0 aromatic heterocycles. The third-order valence-electron chi connectivity index (χ3n) is 17.1. The second kappa shape index (κ2) is 72.1. The molecule has 0 aliphatic rings. The zero-order valence-corrected chi connectivity index (χ0v) is 56.2. The average molecular weight is 1170 g/mol. The van der Waals surface area contributed by atoms with E-state index in [1.165, 1.54) is 302 Å². The molecule has 0 saturated carbocycles. The molecule has 1 atom stereocenters. The van der Waals surface area contributed by atoms with Crippen molar-refractivity contribution < 1.29 is 28.6 Å². The van der Waals surface area contributed by atoms with Gasteiger partial charge in [0.2, 0.25) is 0 Å². The van der Waals surface area contributed by atoms with Gasteiger partial charge in [0.15, 0.2) is 6.10 Å². The minimum Gasteiger partial charge on any atom is -0.462 e. The normalized spacial score (nSPS) is 12.2. The molecule has 0 spiro atoms. The van der Waals surface area contributed by atoms with Crippen molar-refractivity contribution in [2.45, 2.75) is 425 Å². The summed E-state index contributed by atoms with van der Waals surface area (Å²) in [5.41, 5.74) is 0. The molecule has 0 aromatic carbocycles. The molecule has 0 radical (unpaired) electrons. The lowest BCUT2D eigenvalue weighted by atomic mass is 10.0. The van der Waals surface area contributed by atoms with Crippen LogP contribution in [0, 0.1) is 0 Å². The molecule has 1 unspecified atom stereocenters. The topological polar surface area (TPSA) is 78.9 Å². The number of esters is 3. The van der Waals surface area contributed by atoms with E-state index >= 15 is 0 Å². The number of allylic oxidation sites excluding steroid dienone is 6. The van der Waals surface area contributed by atoms with Gasteiger partial charge in [-0.1, -0.05) is 378 Å². The molecule has 83 heavy (non-hydrogen) atoms. The number of hydrogen-bond donors (Lipinski definition) is 0. The van der Waals surface area contributed by atoms with E-state index in [0.29, 0.717) is 19.3 Å². The molecule has 0 aliphatic heterocycles. The van der Waals surface area contributed by atoms with E-state index in [-0.39, 0.29) is 31.1 Å². The van der Waals surface area contributed by atoms with Crippen molar-refractivity contribution in [2.24, 2.45) is 0 Å². The lowest BCUT2D eigenvalue weighted by molar-refractivity contribution is -0.167. The maximum absolute atomic E-state index is 13.0. The second-order valence-electron chi connectivity index (χ2n) is 25.6. The van der Waals surface area contributed by atoms with Crippen molar-refractivity contribution in [2.75, 3.05) is 13.2 Å². The Bertz CT molecular complexity index is 1380. The predicted octanol–water partition coefficient (Wildman–Crippen LogP) is 25.9. The van der Waals surface area contributed by atoms with Crippen LogP contribution in [0.1, 0.15) is 419 Å². The highest BCUT2D eigenvalue weighted by atomic mass is 16.6. The molecule has 488 valence electrons. The summed E-state index contributed by atoms with van der Waals surface area (Å²) in [7, 11) is 0. The predicted molar refractivity (Wildman–Crippen MR) is 362 cm³/mol. The van der Waals surface area contributed by atoms with Gasteiger partial charge in [-0.3, -0.25) is 14.4 Å². The van der Waals surface area contributed by atoms with Crippen molar-refractivity contribution in [1.29, 1.82) is 0 Å². The minimum atomic E-state index is -0.778. The first kappa shape index (κ1) is 80.6. The number of carbonyl (C=O) groups excluding carboxylic acids is 3. The number of hydrogen-bond acceptors (Lipinski definition) is 6. The lowest BCUT2D eigenvalue weighted by Crippen LogP contribution is -2.30. The molecule has 0 aromatic rings. The highest BCUT2D eigenvalue weighted by molar-refractivity contribution is 5.71. The SMILES string of the molecule is CCCCC/C=C\C/C=C\C/C=C\CCCCCCCCC(=O)OC(COC(=O)CCCCCCCCCCCCCCCCCCCC)COC(=O)CCCCCCCCCCCCCCCCCCCCCCCCCCCCCC. The molecule has 0 bridgehead atoms. The molecule has 0 aliphatic carbocycles. The van der Waals surface area contributed by atoms with E-state index in [2.05, 4.69) is 57.2 Å². The summed E-state index contributed by atoms with van der Waals surface area (Å²) in [5, 5.41) is 0. The Morgan fingerprint density at radius 3 is 0.699 bits per heavy atom. The fourth-order valence-corrected chi connectivity index (χ4v) is 11.5. The van der Waals surface area contributed by atoms with Gasteiger partial charge in [-0.2, -0.15) is 0 Å². The maximum atomic E-state index is 13.0. The van der Waals surface area contributed by atoms with E-state index in [9.17, 15) is 14.4 Å². The highest BCUT2D eigenvalue weighted by Crippen LogP contribution is 2.19. The van der Waals surface area contributed by atoms with Crippen LogP contribution < -0.4 is 0 Å². The number of carbonyl (C=O) groups is 3. The van der Waals surface area contributed by atoms with Crippen molar-refractivity contribution in [3.8, 4) is 0 Å². The molecular formula is C77H144O6. The van der Waals surface area contributed by atoms with Crippen LogP contribution in [-0.2, 0) is 28.6 Å². The molecule has 6 heteroatoms. The van der Waals surface area contributed by atoms with Gasteiger partial charge in [-0.05, 0) is 57.8 Å². The molecule has 0 saturated heterocycles. The molecule has 0 N–H and O–H groups in total. The fraction of sp³-hybridized carbons (Fsp3) is 0.883. The first-order valence-corrected chi connectivity index (χ1v) is 37.5. The fourth-order valence-electron chi connectivity index (χ4n) is 11.5. The van der Waals surface area contributed by atoms with Gasteiger partial charge in [0.25, 0.3) is 0 Å². The summed E-state index contributed by atoms with van der Waals surface area (Å²) in [6.07, 6.45) is 90.4. The lowest BCUT2D eigenvalue weighted by Gasteiger charge is -2.18. The Morgan fingerprint density at radius 1 is 0.241 bits per heavy atom. The number of ether oxygens (including phenoxy) is 3. The average Bonchev–Trinajstić information content (AvgIpc) is 3.50. The zero-order chi connectivity index (χ0) is 59.9. The molecule has 0 rings (SSSR count). The Kier molecular flexibility index (Phi) is 70.0. The molecular weight excluding hydrogens is 1020 g/mol. The van der Waals surface area contributed by atoms with Crippen molar-refractivity contribution in [3.63, 3.8) is 0 Å². The van der Waals surface area contributed by atoms with E-state index in [1.54, 1.807) is 0 Å². The Balaban J connectivity index is 4.25. The Hall–Kier alpha value is -2.37. The zero-order valence-electron chi connectivity index (χ0n) is 56.2. The van der Waals surface area contributed by atoms with Crippen molar-refractivity contribution in [3.05, 3.63) is 36.5 Å². The largest absolute Gasteiger partial charge is 0.462 e. The summed E-state index contributed by atoms with van der Waals surface area (Å²) in [5.74, 6) is -0.850. The molecule has 0 amide bonds. The quantitative estimate of drug-likeness (QED) is 0.0261. The number of rotatable bonds is 70. The van der Waals surface area contributed by atoms with Crippen LogP contribution in [0.25, 0.3) is 0 Å². The van der Waals surface area contributed by atoms with E-state index in [4.69, 9.17) is 14.2 Å². The molecule has 0 heterocycles. The molecule has 0 fully saturated rings. The Labute approximate surface area is 518 Å². The summed E-state index contributed by atoms with van der Waals surface area (Å²) < 4.78 is 17.0. The molecule has 6 nitrogen and oxygen atoms in total. The van der Waals surface area contributed by atoms with Crippen LogP contribution >= 0.6 is 0 Å². The van der Waals surface area contributed by atoms with Crippen molar-refractivity contribution in [1.82, 2.24) is 0 Å². The maximum Gasteiger partial charge on any atom is 0.306 e. The first-order chi connectivity index (χ1) is 41.0. The van der Waals surface area contributed by atoms with Gasteiger partial charge in [0, 0.05) is 19.3 Å². The van der Waals surface area contributed by atoms with Crippen molar-refractivity contribution >= 4 is 17.9 Å². The van der Waals surface area contributed by atoms with Gasteiger partial charge in [0.05, 0.1) is 0 Å². The first-order valence-electron chi connectivity index (χ1n) is 37.5. The van der Waals surface area contributed by atoms with Gasteiger partial charge >= 0.3 is 17.9 Å².